The second kappa shape index (κ2) is 6.96. The van der Waals surface area contributed by atoms with Crippen molar-refractivity contribution in [3.8, 4) is 0 Å². The Hall–Kier alpha value is -2.14. The van der Waals surface area contributed by atoms with Gasteiger partial charge in [-0.05, 0) is 42.3 Å². The maximum absolute atomic E-state index is 12.8. The van der Waals surface area contributed by atoms with Crippen LogP contribution in [0.4, 0.5) is 5.69 Å². The molecule has 120 valence electrons. The summed E-state index contributed by atoms with van der Waals surface area (Å²) in [5.74, 6) is 0.490. The first-order valence-corrected chi connectivity index (χ1v) is 8.81. The zero-order chi connectivity index (χ0) is 16.2. The number of amides is 2. The van der Waals surface area contributed by atoms with E-state index in [0.717, 1.165) is 25.9 Å². The number of nitrogens with one attached hydrogen (secondary N) is 1. The summed E-state index contributed by atoms with van der Waals surface area (Å²) < 4.78 is 0. The Morgan fingerprint density at radius 1 is 1.17 bits per heavy atom. The molecule has 0 spiro atoms. The molecule has 2 aromatic rings. The Morgan fingerprint density at radius 2 is 1.91 bits per heavy atom. The van der Waals surface area contributed by atoms with Crippen LogP contribution < -0.4 is 5.32 Å². The van der Waals surface area contributed by atoms with Crippen LogP contribution in [0.3, 0.4) is 0 Å². The fraction of sp³-hybridized carbons (Fsp3) is 0.333. The number of benzene rings is 1. The van der Waals surface area contributed by atoms with Gasteiger partial charge in [0.1, 0.15) is 0 Å². The molecule has 2 heterocycles. The van der Waals surface area contributed by atoms with Gasteiger partial charge in [0.15, 0.2) is 0 Å². The zero-order valence-electron chi connectivity index (χ0n) is 13.1. The van der Waals surface area contributed by atoms with Gasteiger partial charge >= 0.3 is 0 Å². The van der Waals surface area contributed by atoms with Crippen molar-refractivity contribution in [3.05, 3.63) is 52.2 Å². The number of hydrogen-bond donors (Lipinski definition) is 1. The van der Waals surface area contributed by atoms with Crippen molar-refractivity contribution in [2.24, 2.45) is 5.92 Å². The molecule has 4 nitrogen and oxygen atoms in total. The summed E-state index contributed by atoms with van der Waals surface area (Å²) in [7, 11) is 0. The number of likely N-dealkylation sites (tertiary alicyclic amines) is 1. The molecule has 23 heavy (non-hydrogen) atoms. The third kappa shape index (κ3) is 3.62. The molecule has 0 radical (unpaired) electrons. The van der Waals surface area contributed by atoms with E-state index in [1.807, 2.05) is 22.4 Å². The van der Waals surface area contributed by atoms with Crippen LogP contribution in [-0.2, 0) is 0 Å². The van der Waals surface area contributed by atoms with Crippen molar-refractivity contribution in [1.82, 2.24) is 4.90 Å². The lowest BCUT2D eigenvalue weighted by Gasteiger charge is -2.30. The number of anilines is 1. The molecule has 1 aromatic heterocycles. The second-order valence-electron chi connectivity index (χ2n) is 5.99. The minimum atomic E-state index is -0.182. The van der Waals surface area contributed by atoms with Crippen LogP contribution in [0.25, 0.3) is 0 Å². The van der Waals surface area contributed by atoms with E-state index in [4.69, 9.17) is 0 Å². The third-order valence-electron chi connectivity index (χ3n) is 4.26. The summed E-state index contributed by atoms with van der Waals surface area (Å²) in [6.45, 7) is 3.79. The van der Waals surface area contributed by atoms with Gasteiger partial charge in [-0.25, -0.2) is 0 Å². The van der Waals surface area contributed by atoms with Gasteiger partial charge in [-0.2, -0.15) is 11.3 Å². The van der Waals surface area contributed by atoms with E-state index in [-0.39, 0.29) is 11.8 Å². The molecule has 1 aromatic carbocycles. The number of piperidine rings is 1. The molecule has 0 aliphatic carbocycles. The first-order valence-electron chi connectivity index (χ1n) is 7.87. The van der Waals surface area contributed by atoms with Crippen molar-refractivity contribution < 1.29 is 9.59 Å². The van der Waals surface area contributed by atoms with Crippen molar-refractivity contribution in [1.29, 1.82) is 0 Å². The highest BCUT2D eigenvalue weighted by atomic mass is 32.1. The highest BCUT2D eigenvalue weighted by molar-refractivity contribution is 7.08. The number of hydrogen-bond acceptors (Lipinski definition) is 3. The molecular weight excluding hydrogens is 308 g/mol. The number of thiophene rings is 1. The summed E-state index contributed by atoms with van der Waals surface area (Å²) in [4.78, 5) is 26.9. The zero-order valence-corrected chi connectivity index (χ0v) is 13.9. The van der Waals surface area contributed by atoms with Crippen LogP contribution in [-0.4, -0.2) is 29.8 Å². The second-order valence-corrected chi connectivity index (χ2v) is 6.77. The van der Waals surface area contributed by atoms with Crippen molar-refractivity contribution in [2.75, 3.05) is 18.4 Å². The Labute approximate surface area is 140 Å². The summed E-state index contributed by atoms with van der Waals surface area (Å²) >= 11 is 1.48. The summed E-state index contributed by atoms with van der Waals surface area (Å²) in [5.41, 5.74) is 1.75. The predicted octanol–water partition coefficient (Wildman–Crippen LogP) is 3.87. The molecule has 5 heteroatoms. The van der Waals surface area contributed by atoms with Crippen LogP contribution in [0.15, 0.2) is 41.1 Å². The maximum Gasteiger partial charge on any atom is 0.256 e. The number of rotatable bonds is 3. The van der Waals surface area contributed by atoms with Crippen LogP contribution in [0.1, 0.15) is 40.5 Å². The highest BCUT2D eigenvalue weighted by Gasteiger charge is 2.23. The summed E-state index contributed by atoms with van der Waals surface area (Å²) in [6.07, 6.45) is 2.07. The first kappa shape index (κ1) is 15.7. The molecule has 1 N–H and O–H groups in total. The van der Waals surface area contributed by atoms with E-state index in [9.17, 15) is 9.59 Å². The Kier molecular flexibility index (Phi) is 4.76. The van der Waals surface area contributed by atoms with Gasteiger partial charge in [0, 0.05) is 18.5 Å². The smallest absolute Gasteiger partial charge is 0.256 e. The molecule has 1 aliphatic rings. The van der Waals surface area contributed by atoms with Crippen LogP contribution in [0, 0.1) is 5.92 Å². The summed E-state index contributed by atoms with van der Waals surface area (Å²) in [5, 5.41) is 6.52. The SMILES string of the molecule is CC1CCN(C(=O)c2ccccc2NC(=O)c2ccsc2)CC1. The summed E-state index contributed by atoms with van der Waals surface area (Å²) in [6, 6.07) is 9.00. The molecule has 2 amide bonds. The minimum Gasteiger partial charge on any atom is -0.339 e. The molecule has 0 bridgehead atoms. The van der Waals surface area contributed by atoms with E-state index in [1.54, 1.807) is 23.6 Å². The van der Waals surface area contributed by atoms with Gasteiger partial charge < -0.3 is 10.2 Å². The third-order valence-corrected chi connectivity index (χ3v) is 4.94. The lowest BCUT2D eigenvalue weighted by molar-refractivity contribution is 0.0698. The fourth-order valence-electron chi connectivity index (χ4n) is 2.75. The lowest BCUT2D eigenvalue weighted by Crippen LogP contribution is -2.38. The topological polar surface area (TPSA) is 49.4 Å². The van der Waals surface area contributed by atoms with Crippen LogP contribution in [0.2, 0.25) is 0 Å². The van der Waals surface area contributed by atoms with E-state index >= 15 is 0 Å². The number of para-hydroxylation sites is 1. The molecule has 0 atom stereocenters. The lowest BCUT2D eigenvalue weighted by atomic mass is 9.98. The molecule has 1 fully saturated rings. The maximum atomic E-state index is 12.8. The van der Waals surface area contributed by atoms with Crippen molar-refractivity contribution in [3.63, 3.8) is 0 Å². The largest absolute Gasteiger partial charge is 0.339 e. The molecular formula is C18H20N2O2S. The normalized spacial score (nSPS) is 15.4. The predicted molar refractivity (Wildman–Crippen MR) is 93.0 cm³/mol. The van der Waals surface area contributed by atoms with Crippen molar-refractivity contribution >= 4 is 28.8 Å². The molecule has 1 aliphatic heterocycles. The molecule has 1 saturated heterocycles. The highest BCUT2D eigenvalue weighted by Crippen LogP contribution is 2.22. The number of carbonyl (C=O) groups is 2. The van der Waals surface area contributed by atoms with Gasteiger partial charge in [-0.1, -0.05) is 19.1 Å². The average molecular weight is 328 g/mol. The Morgan fingerprint density at radius 3 is 2.61 bits per heavy atom. The molecule has 0 saturated carbocycles. The molecule has 3 rings (SSSR count). The first-order chi connectivity index (χ1) is 11.1. The average Bonchev–Trinajstić information content (AvgIpc) is 3.10. The Balaban J connectivity index is 1.77. The molecule has 0 unspecified atom stereocenters. The van der Waals surface area contributed by atoms with Gasteiger partial charge in [-0.15, -0.1) is 0 Å². The minimum absolute atomic E-state index is 0.00174. The van der Waals surface area contributed by atoms with Gasteiger partial charge in [-0.3, -0.25) is 9.59 Å². The monoisotopic (exact) mass is 328 g/mol. The van der Waals surface area contributed by atoms with Gasteiger partial charge in [0.25, 0.3) is 11.8 Å². The van der Waals surface area contributed by atoms with Crippen LogP contribution in [0.5, 0.6) is 0 Å². The van der Waals surface area contributed by atoms with Gasteiger partial charge in [0.05, 0.1) is 16.8 Å². The number of carbonyl (C=O) groups excluding carboxylic acids is 2. The Bertz CT molecular complexity index is 689. The van der Waals surface area contributed by atoms with Crippen molar-refractivity contribution in [2.45, 2.75) is 19.8 Å². The van der Waals surface area contributed by atoms with E-state index in [0.29, 0.717) is 22.7 Å². The standard InChI is InChI=1S/C18H20N2O2S/c1-13-6-9-20(10-7-13)18(22)15-4-2-3-5-16(15)19-17(21)14-8-11-23-12-14/h2-5,8,11-13H,6-7,9-10H2,1H3,(H,19,21). The fourth-order valence-corrected chi connectivity index (χ4v) is 3.38. The van der Waals surface area contributed by atoms with E-state index < -0.39 is 0 Å². The van der Waals surface area contributed by atoms with Crippen LogP contribution >= 0.6 is 11.3 Å². The van der Waals surface area contributed by atoms with E-state index in [2.05, 4.69) is 12.2 Å². The quantitative estimate of drug-likeness (QED) is 0.930. The van der Waals surface area contributed by atoms with E-state index in [1.165, 1.54) is 11.3 Å². The van der Waals surface area contributed by atoms with Gasteiger partial charge in [0.2, 0.25) is 0 Å². The number of nitrogens with zero attached hydrogens (tertiary/aromatic N) is 1.